The number of nitrogens with zero attached hydrogens (tertiary/aromatic N) is 2. The molecular weight excluding hydrogens is 362 g/mol. The van der Waals surface area contributed by atoms with Crippen LogP contribution in [-0.2, 0) is 16.1 Å². The second-order valence-electron chi connectivity index (χ2n) is 9.21. The van der Waals surface area contributed by atoms with Crippen molar-refractivity contribution >= 4 is 5.97 Å². The van der Waals surface area contributed by atoms with Crippen molar-refractivity contribution in [2.45, 2.75) is 96.6 Å². The highest BCUT2D eigenvalue weighted by atomic mass is 16.6. The molecule has 0 saturated carbocycles. The number of hydrogen-bond donors (Lipinski definition) is 1. The maximum atomic E-state index is 13.0. The van der Waals surface area contributed by atoms with Gasteiger partial charge in [0.15, 0.2) is 0 Å². The third-order valence-electron chi connectivity index (χ3n) is 5.89. The van der Waals surface area contributed by atoms with Crippen LogP contribution in [0.4, 0.5) is 0 Å². The Morgan fingerprint density at radius 3 is 2.41 bits per heavy atom. The van der Waals surface area contributed by atoms with E-state index in [9.17, 15) is 4.79 Å². The van der Waals surface area contributed by atoms with E-state index in [1.165, 1.54) is 0 Å². The molecule has 1 fully saturated rings. The van der Waals surface area contributed by atoms with Crippen molar-refractivity contribution in [3.63, 3.8) is 0 Å². The van der Waals surface area contributed by atoms with Crippen LogP contribution in [-0.4, -0.2) is 40.6 Å². The summed E-state index contributed by atoms with van der Waals surface area (Å²) in [4.78, 5) is 19.0. The molecule has 0 aromatic heterocycles. The van der Waals surface area contributed by atoms with Gasteiger partial charge in [0.25, 0.3) is 0 Å². The van der Waals surface area contributed by atoms with E-state index in [0.29, 0.717) is 18.9 Å². The van der Waals surface area contributed by atoms with Crippen molar-refractivity contribution in [2.24, 2.45) is 11.7 Å². The fourth-order valence-electron chi connectivity index (χ4n) is 4.35. The van der Waals surface area contributed by atoms with Gasteiger partial charge < -0.3 is 15.3 Å². The molecule has 2 N–H and O–H groups in total. The van der Waals surface area contributed by atoms with E-state index in [1.807, 2.05) is 39.0 Å². The molecule has 2 rings (SSSR count). The highest BCUT2D eigenvalue weighted by molar-refractivity contribution is 5.77. The van der Waals surface area contributed by atoms with Gasteiger partial charge in [-0.15, -0.1) is 0 Å². The van der Waals surface area contributed by atoms with Gasteiger partial charge in [-0.25, -0.2) is 6.57 Å². The smallest absolute Gasteiger partial charge is 0.324 e. The Kier molecular flexibility index (Phi) is 8.24. The predicted octanol–water partition coefficient (Wildman–Crippen LogP) is 4.41. The Labute approximate surface area is 176 Å². The zero-order chi connectivity index (χ0) is 21.6. The van der Waals surface area contributed by atoms with Gasteiger partial charge in [0.05, 0.1) is 6.42 Å². The largest absolute Gasteiger partial charge is 0.459 e. The van der Waals surface area contributed by atoms with E-state index in [-0.39, 0.29) is 24.1 Å². The fourth-order valence-corrected chi connectivity index (χ4v) is 4.35. The van der Waals surface area contributed by atoms with Gasteiger partial charge in [0.1, 0.15) is 17.7 Å². The molecule has 4 atom stereocenters. The lowest BCUT2D eigenvalue weighted by Gasteiger charge is -2.34. The summed E-state index contributed by atoms with van der Waals surface area (Å²) in [6, 6.07) is 9.07. The topological polar surface area (TPSA) is 59.9 Å². The summed E-state index contributed by atoms with van der Waals surface area (Å²) in [6.07, 6.45) is 3.50. The fraction of sp³-hybridized carbons (Fsp3) is 0.667. The first-order valence-corrected chi connectivity index (χ1v) is 10.8. The standard InChI is InChI=1S/C24H37N3O2/c1-7-17(8-2)14-19(25)22-20(26-6)15-21(23(28)29-24(3,4)5)27(22)16-18-12-10-9-11-13-18/h9-13,17,19-22H,7-8,14-16,25H2,1-5H3/t19?,20?,21-,22?/m1/s1. The molecule has 1 aromatic carbocycles. The first-order valence-electron chi connectivity index (χ1n) is 10.8. The first kappa shape index (κ1) is 23.4. The average molecular weight is 400 g/mol. The molecule has 0 radical (unpaired) electrons. The number of esters is 1. The van der Waals surface area contributed by atoms with Crippen LogP contribution >= 0.6 is 0 Å². The van der Waals surface area contributed by atoms with E-state index in [4.69, 9.17) is 17.0 Å². The molecule has 1 saturated heterocycles. The minimum absolute atomic E-state index is 0.143. The van der Waals surface area contributed by atoms with Crippen LogP contribution in [0.15, 0.2) is 30.3 Å². The first-order chi connectivity index (χ1) is 13.7. The molecule has 160 valence electrons. The molecule has 3 unspecified atom stereocenters. The molecule has 1 aliphatic heterocycles. The van der Waals surface area contributed by atoms with E-state index in [0.717, 1.165) is 24.8 Å². The lowest BCUT2D eigenvalue weighted by Crippen LogP contribution is -2.52. The second-order valence-corrected chi connectivity index (χ2v) is 9.21. The summed E-state index contributed by atoms with van der Waals surface area (Å²) in [5, 5.41) is 0. The van der Waals surface area contributed by atoms with Crippen LogP contribution in [0.3, 0.4) is 0 Å². The molecule has 0 aliphatic carbocycles. The average Bonchev–Trinajstić information content (AvgIpc) is 3.04. The molecule has 1 heterocycles. The quantitative estimate of drug-likeness (QED) is 0.519. The lowest BCUT2D eigenvalue weighted by molar-refractivity contribution is -0.161. The molecule has 29 heavy (non-hydrogen) atoms. The summed E-state index contributed by atoms with van der Waals surface area (Å²) < 4.78 is 5.71. The Bertz CT molecular complexity index is 688. The minimum atomic E-state index is -0.557. The van der Waals surface area contributed by atoms with E-state index in [1.54, 1.807) is 0 Å². The number of benzene rings is 1. The molecule has 0 bridgehead atoms. The van der Waals surface area contributed by atoms with Gasteiger partial charge in [0.2, 0.25) is 6.04 Å². The van der Waals surface area contributed by atoms with E-state index >= 15 is 0 Å². The van der Waals surface area contributed by atoms with E-state index in [2.05, 4.69) is 35.7 Å². The monoisotopic (exact) mass is 399 g/mol. The van der Waals surface area contributed by atoms with E-state index < -0.39 is 11.6 Å². The van der Waals surface area contributed by atoms with Crippen molar-refractivity contribution in [3.8, 4) is 0 Å². The number of carbonyl (C=O) groups excluding carboxylic acids is 1. The van der Waals surface area contributed by atoms with Gasteiger partial charge in [-0.3, -0.25) is 9.69 Å². The summed E-state index contributed by atoms with van der Waals surface area (Å²) in [5.41, 5.74) is 7.25. The Balaban J connectivity index is 2.33. The second kappa shape index (κ2) is 10.2. The van der Waals surface area contributed by atoms with Crippen LogP contribution in [0.2, 0.25) is 0 Å². The summed E-state index contributed by atoms with van der Waals surface area (Å²) in [7, 11) is 0. The summed E-state index contributed by atoms with van der Waals surface area (Å²) >= 11 is 0. The van der Waals surface area contributed by atoms with Gasteiger partial charge in [-0.1, -0.05) is 57.0 Å². The molecule has 5 nitrogen and oxygen atoms in total. The zero-order valence-electron chi connectivity index (χ0n) is 18.6. The van der Waals surface area contributed by atoms with Crippen LogP contribution < -0.4 is 5.73 Å². The highest BCUT2D eigenvalue weighted by Gasteiger charge is 2.51. The van der Waals surface area contributed by atoms with Crippen molar-refractivity contribution in [1.82, 2.24) is 4.90 Å². The van der Waals surface area contributed by atoms with Gasteiger partial charge in [-0.05, 0) is 38.7 Å². The van der Waals surface area contributed by atoms with Gasteiger partial charge in [-0.2, -0.15) is 0 Å². The number of likely N-dealkylation sites (tertiary alicyclic amines) is 1. The zero-order valence-corrected chi connectivity index (χ0v) is 18.6. The molecular formula is C24H37N3O2. The maximum absolute atomic E-state index is 13.0. The normalized spacial score (nSPS) is 23.7. The van der Waals surface area contributed by atoms with Crippen LogP contribution in [0.1, 0.15) is 65.9 Å². The van der Waals surface area contributed by atoms with Crippen LogP contribution in [0, 0.1) is 12.5 Å². The van der Waals surface area contributed by atoms with Gasteiger partial charge in [0, 0.05) is 12.6 Å². The SMILES string of the molecule is [C-]#[N+]C1C[C@H](C(=O)OC(C)(C)C)N(Cc2ccccc2)C1C(N)CC(CC)CC. The third kappa shape index (κ3) is 6.29. The summed E-state index contributed by atoms with van der Waals surface area (Å²) in [6.45, 7) is 18.4. The Morgan fingerprint density at radius 1 is 1.28 bits per heavy atom. The number of carbonyl (C=O) groups is 1. The molecule has 1 aromatic rings. The van der Waals surface area contributed by atoms with Crippen LogP contribution in [0.5, 0.6) is 0 Å². The lowest BCUT2D eigenvalue weighted by atomic mass is 9.89. The number of hydrogen-bond acceptors (Lipinski definition) is 4. The number of nitrogens with two attached hydrogens (primary N) is 1. The number of ether oxygens (including phenoxy) is 1. The molecule has 0 spiro atoms. The Hall–Kier alpha value is -1.90. The highest BCUT2D eigenvalue weighted by Crippen LogP contribution is 2.34. The van der Waals surface area contributed by atoms with Gasteiger partial charge >= 0.3 is 5.97 Å². The molecule has 1 aliphatic rings. The summed E-state index contributed by atoms with van der Waals surface area (Å²) in [5.74, 6) is 0.287. The molecule has 5 heteroatoms. The van der Waals surface area contributed by atoms with Crippen molar-refractivity contribution in [1.29, 1.82) is 0 Å². The predicted molar refractivity (Wildman–Crippen MR) is 117 cm³/mol. The maximum Gasteiger partial charge on any atom is 0.324 e. The van der Waals surface area contributed by atoms with Crippen molar-refractivity contribution in [2.75, 3.05) is 0 Å². The minimum Gasteiger partial charge on any atom is -0.459 e. The Morgan fingerprint density at radius 2 is 1.90 bits per heavy atom. The van der Waals surface area contributed by atoms with Crippen LogP contribution in [0.25, 0.3) is 4.85 Å². The number of rotatable bonds is 8. The molecule has 0 amide bonds. The third-order valence-corrected chi connectivity index (χ3v) is 5.89. The van der Waals surface area contributed by atoms with Crippen molar-refractivity contribution < 1.29 is 9.53 Å². The van der Waals surface area contributed by atoms with Crippen molar-refractivity contribution in [3.05, 3.63) is 47.3 Å².